The molecule has 9 nitrogen and oxygen atoms in total. The maximum atomic E-state index is 13.4. The molecule has 3 aromatic rings. The molecule has 2 aliphatic rings. The van der Waals surface area contributed by atoms with Crippen LogP contribution in [0.5, 0.6) is 0 Å². The van der Waals surface area contributed by atoms with E-state index in [0.717, 1.165) is 62.0 Å². The molecule has 2 fully saturated rings. The molecular weight excluding hydrogens is 420 g/mol. The molecule has 0 saturated carbocycles. The second-order valence-corrected chi connectivity index (χ2v) is 8.59. The molecule has 1 amide bonds. The van der Waals surface area contributed by atoms with Crippen molar-refractivity contribution in [3.63, 3.8) is 0 Å². The van der Waals surface area contributed by atoms with Gasteiger partial charge in [0.05, 0.1) is 13.2 Å². The topological polar surface area (TPSA) is 97.5 Å². The number of amides is 1. The minimum absolute atomic E-state index is 0.0434. The third-order valence-electron chi connectivity index (χ3n) is 6.37. The van der Waals surface area contributed by atoms with Crippen LogP contribution in [0.2, 0.25) is 0 Å². The molecule has 0 N–H and O–H groups in total. The fourth-order valence-electron chi connectivity index (χ4n) is 4.54. The Morgan fingerprint density at radius 1 is 1.03 bits per heavy atom. The molecule has 2 aliphatic heterocycles. The summed E-state index contributed by atoms with van der Waals surface area (Å²) >= 11 is 0. The van der Waals surface area contributed by atoms with Crippen LogP contribution in [0.25, 0.3) is 11.3 Å². The molecule has 0 aromatic carbocycles. The zero-order valence-electron chi connectivity index (χ0n) is 19.0. The Balaban J connectivity index is 1.30. The van der Waals surface area contributed by atoms with Gasteiger partial charge < -0.3 is 19.1 Å². The van der Waals surface area contributed by atoms with Gasteiger partial charge in [-0.05, 0) is 38.8 Å². The summed E-state index contributed by atoms with van der Waals surface area (Å²) in [5.74, 6) is 2.57. The van der Waals surface area contributed by atoms with Crippen LogP contribution in [0, 0.1) is 13.8 Å². The van der Waals surface area contributed by atoms with Crippen LogP contribution in [0.4, 0.5) is 5.82 Å². The second-order valence-electron chi connectivity index (χ2n) is 8.59. The Hall–Kier alpha value is -3.33. The number of morpholine rings is 1. The van der Waals surface area contributed by atoms with E-state index in [1.165, 1.54) is 0 Å². The fourth-order valence-corrected chi connectivity index (χ4v) is 4.54. The van der Waals surface area contributed by atoms with E-state index in [1.807, 2.05) is 30.0 Å². The van der Waals surface area contributed by atoms with Crippen LogP contribution in [-0.2, 0) is 4.74 Å². The lowest BCUT2D eigenvalue weighted by atomic mass is 9.95. The quantitative estimate of drug-likeness (QED) is 0.601. The van der Waals surface area contributed by atoms with E-state index in [1.54, 1.807) is 19.3 Å². The molecule has 33 heavy (non-hydrogen) atoms. The third kappa shape index (κ3) is 4.45. The molecule has 0 atom stereocenters. The number of aromatic nitrogens is 4. The van der Waals surface area contributed by atoms with Crippen molar-refractivity contribution in [2.75, 3.05) is 44.3 Å². The highest BCUT2D eigenvalue weighted by Gasteiger charge is 2.31. The van der Waals surface area contributed by atoms with Gasteiger partial charge in [0.1, 0.15) is 28.7 Å². The Labute approximate surface area is 192 Å². The van der Waals surface area contributed by atoms with Gasteiger partial charge in [0.2, 0.25) is 0 Å². The number of carbonyl (C=O) groups excluding carboxylic acids is 1. The highest BCUT2D eigenvalue weighted by Crippen LogP contribution is 2.31. The Bertz CT molecular complexity index is 1120. The van der Waals surface area contributed by atoms with Gasteiger partial charge in [0.15, 0.2) is 0 Å². The number of rotatable bonds is 4. The number of pyridine rings is 1. The highest BCUT2D eigenvalue weighted by molar-refractivity contribution is 6.00. The van der Waals surface area contributed by atoms with Crippen LogP contribution in [0.3, 0.4) is 0 Å². The lowest BCUT2D eigenvalue weighted by Crippen LogP contribution is -2.39. The van der Waals surface area contributed by atoms with E-state index < -0.39 is 0 Å². The summed E-state index contributed by atoms with van der Waals surface area (Å²) in [4.78, 5) is 31.2. The molecule has 0 bridgehead atoms. The Kier molecular flexibility index (Phi) is 6.04. The van der Waals surface area contributed by atoms with E-state index in [2.05, 4.69) is 15.0 Å². The minimum Gasteiger partial charge on any atom is -0.378 e. The average molecular weight is 449 g/mol. The summed E-state index contributed by atoms with van der Waals surface area (Å²) in [6.45, 7) is 8.24. The highest BCUT2D eigenvalue weighted by atomic mass is 16.5. The SMILES string of the molecule is Cc1cc(N2CCOCC2)nc(C2CCN(C(=O)c3c(-c4ccncc4)noc3C)CC2)n1. The van der Waals surface area contributed by atoms with Gasteiger partial charge in [-0.2, -0.15) is 0 Å². The lowest BCUT2D eigenvalue weighted by Gasteiger charge is -2.32. The summed E-state index contributed by atoms with van der Waals surface area (Å²) in [5, 5.41) is 4.14. The number of hydrogen-bond donors (Lipinski definition) is 0. The molecule has 5 rings (SSSR count). The standard InChI is InChI=1S/C24H28N6O3/c1-16-15-20(29-11-13-32-14-12-29)27-23(26-16)19-5-9-30(10-6-19)24(31)21-17(2)33-28-22(21)18-3-7-25-8-4-18/h3-4,7-8,15,19H,5-6,9-14H2,1-2H3. The van der Waals surface area contributed by atoms with Crippen molar-refractivity contribution >= 4 is 11.7 Å². The molecule has 0 radical (unpaired) electrons. The number of aryl methyl sites for hydroxylation is 2. The first kappa shape index (κ1) is 21.5. The first-order chi connectivity index (χ1) is 16.1. The number of ether oxygens (including phenoxy) is 1. The number of anilines is 1. The normalized spacial score (nSPS) is 17.4. The van der Waals surface area contributed by atoms with Crippen LogP contribution in [0.15, 0.2) is 35.1 Å². The van der Waals surface area contributed by atoms with Gasteiger partial charge in [-0.1, -0.05) is 5.16 Å². The summed E-state index contributed by atoms with van der Waals surface area (Å²) in [7, 11) is 0. The number of carbonyl (C=O) groups is 1. The van der Waals surface area contributed by atoms with E-state index in [9.17, 15) is 4.79 Å². The van der Waals surface area contributed by atoms with Crippen molar-refractivity contribution in [2.45, 2.75) is 32.6 Å². The Morgan fingerprint density at radius 3 is 2.48 bits per heavy atom. The van der Waals surface area contributed by atoms with Crippen molar-refractivity contribution in [1.82, 2.24) is 25.0 Å². The smallest absolute Gasteiger partial charge is 0.259 e. The van der Waals surface area contributed by atoms with Gasteiger partial charge in [-0.15, -0.1) is 0 Å². The molecule has 5 heterocycles. The van der Waals surface area contributed by atoms with Crippen molar-refractivity contribution in [1.29, 1.82) is 0 Å². The number of hydrogen-bond acceptors (Lipinski definition) is 8. The molecule has 2 saturated heterocycles. The Morgan fingerprint density at radius 2 is 1.76 bits per heavy atom. The fraction of sp³-hybridized carbons (Fsp3) is 0.458. The number of likely N-dealkylation sites (tertiary alicyclic amines) is 1. The predicted molar refractivity (Wildman–Crippen MR) is 122 cm³/mol. The van der Waals surface area contributed by atoms with Crippen LogP contribution in [-0.4, -0.2) is 70.3 Å². The van der Waals surface area contributed by atoms with Crippen molar-refractivity contribution in [3.05, 3.63) is 53.4 Å². The maximum absolute atomic E-state index is 13.4. The van der Waals surface area contributed by atoms with Crippen LogP contribution in [0.1, 0.15) is 46.4 Å². The summed E-state index contributed by atoms with van der Waals surface area (Å²) < 4.78 is 10.9. The van der Waals surface area contributed by atoms with E-state index >= 15 is 0 Å². The van der Waals surface area contributed by atoms with Gasteiger partial charge in [-0.25, -0.2) is 9.97 Å². The van der Waals surface area contributed by atoms with Crippen LogP contribution >= 0.6 is 0 Å². The van der Waals surface area contributed by atoms with E-state index in [-0.39, 0.29) is 11.8 Å². The van der Waals surface area contributed by atoms with Gasteiger partial charge in [0, 0.05) is 61.8 Å². The number of piperidine rings is 1. The number of nitrogens with zero attached hydrogens (tertiary/aromatic N) is 6. The van der Waals surface area contributed by atoms with Crippen molar-refractivity contribution < 1.29 is 14.1 Å². The zero-order chi connectivity index (χ0) is 22.8. The average Bonchev–Trinajstić information content (AvgIpc) is 3.25. The molecule has 0 spiro atoms. The van der Waals surface area contributed by atoms with Crippen molar-refractivity contribution in [2.24, 2.45) is 0 Å². The summed E-state index contributed by atoms with van der Waals surface area (Å²) in [5.41, 5.74) is 2.89. The zero-order valence-corrected chi connectivity index (χ0v) is 19.0. The summed E-state index contributed by atoms with van der Waals surface area (Å²) in [6.07, 6.45) is 5.03. The largest absolute Gasteiger partial charge is 0.378 e. The molecule has 9 heteroatoms. The molecule has 0 unspecified atom stereocenters. The van der Waals surface area contributed by atoms with E-state index in [0.29, 0.717) is 30.1 Å². The van der Waals surface area contributed by atoms with Gasteiger partial charge >= 0.3 is 0 Å². The van der Waals surface area contributed by atoms with Gasteiger partial charge in [-0.3, -0.25) is 9.78 Å². The molecule has 0 aliphatic carbocycles. The third-order valence-corrected chi connectivity index (χ3v) is 6.37. The summed E-state index contributed by atoms with van der Waals surface area (Å²) in [6, 6.07) is 5.71. The maximum Gasteiger partial charge on any atom is 0.259 e. The molecular formula is C24H28N6O3. The molecule has 3 aromatic heterocycles. The minimum atomic E-state index is -0.0434. The van der Waals surface area contributed by atoms with Crippen molar-refractivity contribution in [3.8, 4) is 11.3 Å². The first-order valence-corrected chi connectivity index (χ1v) is 11.4. The van der Waals surface area contributed by atoms with Gasteiger partial charge in [0.25, 0.3) is 5.91 Å². The van der Waals surface area contributed by atoms with Crippen LogP contribution < -0.4 is 4.90 Å². The predicted octanol–water partition coefficient (Wildman–Crippen LogP) is 3.00. The first-order valence-electron chi connectivity index (χ1n) is 11.4. The lowest BCUT2D eigenvalue weighted by molar-refractivity contribution is 0.0710. The second kappa shape index (κ2) is 9.27. The van der Waals surface area contributed by atoms with E-state index in [4.69, 9.17) is 19.2 Å². The monoisotopic (exact) mass is 448 g/mol. The molecule has 172 valence electrons.